The van der Waals surface area contributed by atoms with Crippen molar-refractivity contribution in [2.75, 3.05) is 5.75 Å². The Labute approximate surface area is 162 Å². The molecule has 1 N–H and O–H groups in total. The largest absolute Gasteiger partial charge is 0.350 e. The Morgan fingerprint density at radius 1 is 1.41 bits per heavy atom. The minimum absolute atomic E-state index is 0.0452. The van der Waals surface area contributed by atoms with Crippen molar-refractivity contribution in [1.82, 2.24) is 24.9 Å². The van der Waals surface area contributed by atoms with Crippen LogP contribution in [-0.4, -0.2) is 36.8 Å². The third-order valence-electron chi connectivity index (χ3n) is 6.33. The number of carbonyl (C=O) groups is 1. The molecule has 0 aliphatic heterocycles. The summed E-state index contributed by atoms with van der Waals surface area (Å²) in [5.74, 6) is 1.90. The lowest BCUT2D eigenvalue weighted by Gasteiger charge is -2.35. The summed E-state index contributed by atoms with van der Waals surface area (Å²) in [7, 11) is 0. The molecule has 0 radical (unpaired) electrons. The number of nitrogens with one attached hydrogen (secondary N) is 1. The molecule has 2 aliphatic rings. The Hall–Kier alpha value is -2.15. The summed E-state index contributed by atoms with van der Waals surface area (Å²) in [6.07, 6.45) is 7.66. The van der Waals surface area contributed by atoms with E-state index in [-0.39, 0.29) is 11.4 Å². The summed E-state index contributed by atoms with van der Waals surface area (Å²) >= 11 is 1.39. The second-order valence-electron chi connectivity index (χ2n) is 7.87. The lowest BCUT2D eigenvalue weighted by molar-refractivity contribution is -0.121. The molecule has 2 bridgehead atoms. The van der Waals surface area contributed by atoms with Crippen molar-refractivity contribution in [2.45, 2.75) is 49.7 Å². The molecule has 3 unspecified atom stereocenters. The van der Waals surface area contributed by atoms with Gasteiger partial charge in [-0.05, 0) is 49.7 Å². The normalized spacial score (nSPS) is 26.9. The Bertz CT molecular complexity index is 1020. The number of amides is 1. The molecule has 1 aromatic carbocycles. The monoisotopic (exact) mass is 381 g/mol. The van der Waals surface area contributed by atoms with Crippen molar-refractivity contribution in [3.8, 4) is 0 Å². The third kappa shape index (κ3) is 2.88. The van der Waals surface area contributed by atoms with Crippen LogP contribution in [0.25, 0.3) is 16.6 Å². The van der Waals surface area contributed by atoms with Crippen LogP contribution in [0, 0.1) is 11.8 Å². The number of hydrogen-bond donors (Lipinski definition) is 1. The SMILES string of the molecule is CCC1CC2CCC1(NC(=O)CSc1nc3c4ccccc4ncn3n1)C2. The molecule has 6 nitrogen and oxygen atoms in total. The van der Waals surface area contributed by atoms with E-state index in [1.807, 2.05) is 24.3 Å². The van der Waals surface area contributed by atoms with Crippen LogP contribution >= 0.6 is 11.8 Å². The zero-order valence-corrected chi connectivity index (χ0v) is 16.2. The van der Waals surface area contributed by atoms with Gasteiger partial charge in [0, 0.05) is 10.9 Å². The number of thioether (sulfide) groups is 1. The first-order valence-electron chi connectivity index (χ1n) is 9.71. The molecule has 3 aromatic rings. The molecular weight excluding hydrogens is 358 g/mol. The van der Waals surface area contributed by atoms with Crippen molar-refractivity contribution >= 4 is 34.2 Å². The molecule has 2 aromatic heterocycles. The van der Waals surface area contributed by atoms with E-state index in [0.717, 1.165) is 41.7 Å². The summed E-state index contributed by atoms with van der Waals surface area (Å²) in [5.41, 5.74) is 1.72. The van der Waals surface area contributed by atoms with Crippen LogP contribution < -0.4 is 5.32 Å². The fourth-order valence-electron chi connectivity index (χ4n) is 5.12. The van der Waals surface area contributed by atoms with Crippen molar-refractivity contribution in [3.05, 3.63) is 30.6 Å². The second kappa shape index (κ2) is 6.48. The number of fused-ring (bicyclic) bond motifs is 5. The molecule has 140 valence electrons. The molecule has 27 heavy (non-hydrogen) atoms. The topological polar surface area (TPSA) is 72.2 Å². The molecule has 0 saturated heterocycles. The van der Waals surface area contributed by atoms with Gasteiger partial charge in [0.15, 0.2) is 5.65 Å². The van der Waals surface area contributed by atoms with Crippen LogP contribution in [0.15, 0.2) is 35.7 Å². The van der Waals surface area contributed by atoms with Crippen molar-refractivity contribution in [1.29, 1.82) is 0 Å². The molecule has 2 saturated carbocycles. The highest BCUT2D eigenvalue weighted by Crippen LogP contribution is 2.52. The van der Waals surface area contributed by atoms with Crippen molar-refractivity contribution < 1.29 is 4.79 Å². The standard InChI is InChI=1S/C20H23N5OS/c1-2-14-9-13-7-8-20(14,10-13)23-17(26)11-27-19-22-18-15-5-3-4-6-16(15)21-12-25(18)24-19/h3-6,12-14H,2,7-11H2,1H3,(H,23,26). The van der Waals surface area contributed by atoms with E-state index in [1.54, 1.807) is 10.8 Å². The second-order valence-corrected chi connectivity index (χ2v) is 8.81. The Morgan fingerprint density at radius 3 is 3.15 bits per heavy atom. The molecule has 5 rings (SSSR count). The van der Waals surface area contributed by atoms with Crippen molar-refractivity contribution in [3.63, 3.8) is 0 Å². The predicted octanol–water partition coefficient (Wildman–Crippen LogP) is 3.45. The van der Waals surface area contributed by atoms with Gasteiger partial charge in [0.1, 0.15) is 6.33 Å². The van der Waals surface area contributed by atoms with Crippen LogP contribution in [-0.2, 0) is 4.79 Å². The maximum atomic E-state index is 12.6. The van der Waals surface area contributed by atoms with Crippen LogP contribution in [0.2, 0.25) is 0 Å². The zero-order valence-electron chi connectivity index (χ0n) is 15.4. The first-order valence-corrected chi connectivity index (χ1v) is 10.7. The van der Waals surface area contributed by atoms with E-state index in [4.69, 9.17) is 0 Å². The van der Waals surface area contributed by atoms with Crippen LogP contribution in [0.5, 0.6) is 0 Å². The van der Waals surface area contributed by atoms with E-state index in [1.165, 1.54) is 24.6 Å². The molecule has 0 spiro atoms. The molecule has 2 fully saturated rings. The minimum Gasteiger partial charge on any atom is -0.350 e. The predicted molar refractivity (Wildman–Crippen MR) is 106 cm³/mol. The average molecular weight is 382 g/mol. The van der Waals surface area contributed by atoms with Gasteiger partial charge in [0.2, 0.25) is 11.1 Å². The molecule has 7 heteroatoms. The first-order chi connectivity index (χ1) is 13.2. The fraction of sp³-hybridized carbons (Fsp3) is 0.500. The highest BCUT2D eigenvalue weighted by molar-refractivity contribution is 7.99. The Balaban J connectivity index is 1.30. The summed E-state index contributed by atoms with van der Waals surface area (Å²) in [6.45, 7) is 2.24. The highest BCUT2D eigenvalue weighted by atomic mass is 32.2. The Kier molecular flexibility index (Phi) is 4.07. The van der Waals surface area contributed by atoms with Gasteiger partial charge >= 0.3 is 0 Å². The van der Waals surface area contributed by atoms with E-state index < -0.39 is 0 Å². The number of para-hydroxylation sites is 1. The van der Waals surface area contributed by atoms with Crippen molar-refractivity contribution in [2.24, 2.45) is 11.8 Å². The lowest BCUT2D eigenvalue weighted by atomic mass is 9.80. The van der Waals surface area contributed by atoms with Crippen LogP contribution in [0.3, 0.4) is 0 Å². The molecular formula is C20H23N5OS. The van der Waals surface area contributed by atoms with Gasteiger partial charge < -0.3 is 5.32 Å². The van der Waals surface area contributed by atoms with Crippen LogP contribution in [0.4, 0.5) is 0 Å². The van der Waals surface area contributed by atoms with Gasteiger partial charge in [-0.3, -0.25) is 4.79 Å². The zero-order chi connectivity index (χ0) is 18.4. The molecule has 2 aliphatic carbocycles. The van der Waals surface area contributed by atoms with Gasteiger partial charge in [-0.15, -0.1) is 5.10 Å². The Morgan fingerprint density at radius 2 is 2.30 bits per heavy atom. The molecule has 1 amide bonds. The van der Waals surface area contributed by atoms with Gasteiger partial charge in [-0.2, -0.15) is 0 Å². The summed E-state index contributed by atoms with van der Waals surface area (Å²) < 4.78 is 1.69. The minimum atomic E-state index is 0.0452. The summed E-state index contributed by atoms with van der Waals surface area (Å²) in [6, 6.07) is 7.89. The fourth-order valence-corrected chi connectivity index (χ4v) is 5.75. The maximum absolute atomic E-state index is 12.6. The number of hydrogen-bond acceptors (Lipinski definition) is 5. The van der Waals surface area contributed by atoms with E-state index in [2.05, 4.69) is 27.3 Å². The number of aromatic nitrogens is 4. The van der Waals surface area contributed by atoms with Gasteiger partial charge in [-0.1, -0.05) is 37.2 Å². The third-order valence-corrected chi connectivity index (χ3v) is 7.17. The molecule has 3 atom stereocenters. The van der Waals surface area contributed by atoms with E-state index in [9.17, 15) is 4.79 Å². The first kappa shape index (κ1) is 17.0. The van der Waals surface area contributed by atoms with Crippen LogP contribution in [0.1, 0.15) is 39.0 Å². The van der Waals surface area contributed by atoms with E-state index >= 15 is 0 Å². The number of benzene rings is 1. The lowest BCUT2D eigenvalue weighted by Crippen LogP contribution is -2.50. The van der Waals surface area contributed by atoms with Gasteiger partial charge in [-0.25, -0.2) is 14.5 Å². The average Bonchev–Trinajstić information content (AvgIpc) is 3.38. The highest BCUT2D eigenvalue weighted by Gasteiger charge is 2.51. The van der Waals surface area contributed by atoms with Gasteiger partial charge in [0.05, 0.1) is 11.3 Å². The maximum Gasteiger partial charge on any atom is 0.230 e. The smallest absolute Gasteiger partial charge is 0.230 e. The summed E-state index contributed by atoms with van der Waals surface area (Å²) in [5, 5.41) is 9.44. The van der Waals surface area contributed by atoms with Gasteiger partial charge in [0.25, 0.3) is 0 Å². The quantitative estimate of drug-likeness (QED) is 0.685. The number of carbonyl (C=O) groups excluding carboxylic acids is 1. The molecule has 2 heterocycles. The summed E-state index contributed by atoms with van der Waals surface area (Å²) in [4.78, 5) is 21.7. The number of nitrogens with zero attached hydrogens (tertiary/aromatic N) is 4. The number of rotatable bonds is 5. The van der Waals surface area contributed by atoms with E-state index in [0.29, 0.717) is 16.8 Å².